The molecule has 41 heavy (non-hydrogen) atoms. The fraction of sp³-hybridized carbons (Fsp3) is 0.242. The van der Waals surface area contributed by atoms with Crippen LogP contribution in [0.1, 0.15) is 39.9 Å². The number of fused-ring (bicyclic) bond motifs is 3. The van der Waals surface area contributed by atoms with Crippen LogP contribution in [0.25, 0.3) is 0 Å². The molecule has 4 N–H and O–H groups in total. The van der Waals surface area contributed by atoms with E-state index in [-0.39, 0.29) is 37.4 Å². The summed E-state index contributed by atoms with van der Waals surface area (Å²) in [5, 5.41) is 23.2. The molecule has 0 spiro atoms. The number of aliphatic hydroxyl groups excluding tert-OH is 1. The summed E-state index contributed by atoms with van der Waals surface area (Å²) in [4.78, 5) is 40.0. The van der Waals surface area contributed by atoms with E-state index in [0.29, 0.717) is 17.7 Å². The van der Waals surface area contributed by atoms with E-state index in [2.05, 4.69) is 0 Å². The van der Waals surface area contributed by atoms with Crippen molar-refractivity contribution in [3.63, 3.8) is 0 Å². The Bertz CT molecular complexity index is 1610. The minimum Gasteiger partial charge on any atom is -0.508 e. The van der Waals surface area contributed by atoms with Gasteiger partial charge < -0.3 is 25.4 Å². The molecule has 0 radical (unpaired) electrons. The van der Waals surface area contributed by atoms with E-state index in [0.717, 1.165) is 16.7 Å². The van der Waals surface area contributed by atoms with Crippen LogP contribution >= 0.6 is 0 Å². The Morgan fingerprint density at radius 3 is 2.15 bits per heavy atom. The molecule has 0 fully saturated rings. The predicted molar refractivity (Wildman–Crippen MR) is 149 cm³/mol. The zero-order valence-corrected chi connectivity index (χ0v) is 22.2. The molecule has 0 aliphatic heterocycles. The van der Waals surface area contributed by atoms with Gasteiger partial charge in [0.05, 0.1) is 5.56 Å². The molecule has 0 bridgehead atoms. The van der Waals surface area contributed by atoms with Gasteiger partial charge in [0, 0.05) is 17.9 Å². The van der Waals surface area contributed by atoms with Gasteiger partial charge in [0.2, 0.25) is 5.78 Å². The Labute approximate surface area is 236 Å². The van der Waals surface area contributed by atoms with E-state index >= 15 is 0 Å². The lowest BCUT2D eigenvalue weighted by Gasteiger charge is -2.46. The Balaban J connectivity index is 1.35. The molecule has 3 aliphatic rings. The van der Waals surface area contributed by atoms with Gasteiger partial charge in [-0.05, 0) is 41.5 Å². The Hall–Kier alpha value is -4.69. The van der Waals surface area contributed by atoms with Crippen LogP contribution in [0, 0.1) is 11.8 Å². The summed E-state index contributed by atoms with van der Waals surface area (Å²) in [5.74, 6) is -4.18. The van der Waals surface area contributed by atoms with Crippen molar-refractivity contribution < 1.29 is 34.1 Å². The van der Waals surface area contributed by atoms with Gasteiger partial charge in [-0.3, -0.25) is 14.4 Å². The number of rotatable bonds is 7. The van der Waals surface area contributed by atoms with E-state index in [1.165, 1.54) is 0 Å². The van der Waals surface area contributed by atoms with Gasteiger partial charge in [-0.15, -0.1) is 0 Å². The first-order chi connectivity index (χ1) is 19.8. The fourth-order valence-electron chi connectivity index (χ4n) is 6.25. The standard InChI is InChI=1S/C33H29NO7/c34-32(38)28-25(41-18-20-10-5-2-6-11-20)16-23-15-22-14-21-12-7-13-24(40-17-19-8-3-1-4-9-19)26(21)29(35)27(22)30(36)33(23,39)31(28)37/h1-13,22-23,36,39H,14-18H2,(H2,34,38)/t22-,23-,33-/m0/s1. The molecule has 0 saturated heterocycles. The van der Waals surface area contributed by atoms with Crippen molar-refractivity contribution in [1.29, 1.82) is 0 Å². The number of ketones is 2. The Morgan fingerprint density at radius 1 is 0.878 bits per heavy atom. The molecule has 0 unspecified atom stereocenters. The summed E-state index contributed by atoms with van der Waals surface area (Å²) in [7, 11) is 0. The monoisotopic (exact) mass is 551 g/mol. The van der Waals surface area contributed by atoms with Gasteiger partial charge in [0.1, 0.15) is 36.1 Å². The minimum absolute atomic E-state index is 0.00244. The van der Waals surface area contributed by atoms with Crippen molar-refractivity contribution >= 4 is 17.5 Å². The normalized spacial score (nSPS) is 23.4. The maximum Gasteiger partial charge on any atom is 0.255 e. The second-order valence-corrected chi connectivity index (χ2v) is 10.7. The smallest absolute Gasteiger partial charge is 0.255 e. The third-order valence-electron chi connectivity index (χ3n) is 8.26. The van der Waals surface area contributed by atoms with Gasteiger partial charge in [-0.25, -0.2) is 0 Å². The zero-order chi connectivity index (χ0) is 28.7. The molecule has 8 nitrogen and oxygen atoms in total. The van der Waals surface area contributed by atoms with Crippen molar-refractivity contribution in [1.82, 2.24) is 0 Å². The highest BCUT2D eigenvalue weighted by Crippen LogP contribution is 2.51. The molecule has 0 aromatic heterocycles. The average molecular weight is 552 g/mol. The van der Waals surface area contributed by atoms with E-state index in [1.54, 1.807) is 6.07 Å². The van der Waals surface area contributed by atoms with Crippen LogP contribution in [0.5, 0.6) is 5.75 Å². The van der Waals surface area contributed by atoms with E-state index in [4.69, 9.17) is 15.2 Å². The second-order valence-electron chi connectivity index (χ2n) is 10.7. The quantitative estimate of drug-likeness (QED) is 0.376. The van der Waals surface area contributed by atoms with Gasteiger partial charge in [0.15, 0.2) is 11.4 Å². The number of Topliss-reactive ketones (excluding diaryl/α,β-unsaturated/α-hetero) is 2. The van der Waals surface area contributed by atoms with Crippen molar-refractivity contribution in [2.45, 2.75) is 38.1 Å². The molecule has 208 valence electrons. The van der Waals surface area contributed by atoms with Crippen LogP contribution in [0.2, 0.25) is 0 Å². The lowest BCUT2D eigenvalue weighted by molar-refractivity contribution is -0.144. The number of hydrogen-bond acceptors (Lipinski definition) is 7. The van der Waals surface area contributed by atoms with Gasteiger partial charge in [-0.2, -0.15) is 0 Å². The first-order valence-corrected chi connectivity index (χ1v) is 13.5. The number of nitrogens with two attached hydrogens (primary N) is 1. The summed E-state index contributed by atoms with van der Waals surface area (Å²) in [6.45, 7) is 0.335. The van der Waals surface area contributed by atoms with Crippen LogP contribution in [0.4, 0.5) is 0 Å². The van der Waals surface area contributed by atoms with Crippen LogP contribution in [0.15, 0.2) is 102 Å². The minimum atomic E-state index is -2.47. The lowest BCUT2D eigenvalue weighted by atomic mass is 9.60. The number of carbonyl (C=O) groups excluding carboxylic acids is 3. The van der Waals surface area contributed by atoms with Gasteiger partial charge >= 0.3 is 0 Å². The summed E-state index contributed by atoms with van der Waals surface area (Å²) >= 11 is 0. The number of primary amides is 1. The molecule has 3 aromatic carbocycles. The van der Waals surface area contributed by atoms with Crippen molar-refractivity contribution in [2.24, 2.45) is 17.6 Å². The van der Waals surface area contributed by atoms with Gasteiger partial charge in [0.25, 0.3) is 5.91 Å². The third kappa shape index (κ3) is 4.50. The van der Waals surface area contributed by atoms with Crippen molar-refractivity contribution in [3.8, 4) is 5.75 Å². The second kappa shape index (κ2) is 10.4. The zero-order valence-electron chi connectivity index (χ0n) is 22.2. The molecule has 6 rings (SSSR count). The highest BCUT2D eigenvalue weighted by molar-refractivity contribution is 6.24. The fourth-order valence-corrected chi connectivity index (χ4v) is 6.25. The summed E-state index contributed by atoms with van der Waals surface area (Å²) in [5.41, 5.74) is 5.39. The SMILES string of the molecule is NC(=O)C1=C(OCc2ccccc2)C[C@@H]2C[C@@H]3Cc4cccc(OCc5ccccc5)c4C(=O)C3=C(O)[C@]2(O)C1=O. The van der Waals surface area contributed by atoms with Crippen molar-refractivity contribution in [2.75, 3.05) is 0 Å². The summed E-state index contributed by atoms with van der Waals surface area (Å²) in [6.07, 6.45) is 0.644. The number of hydrogen-bond donors (Lipinski definition) is 3. The van der Waals surface area contributed by atoms with Crippen molar-refractivity contribution in [3.05, 3.63) is 124 Å². The number of allylic oxidation sites excluding steroid dienone is 2. The average Bonchev–Trinajstić information content (AvgIpc) is 2.97. The van der Waals surface area contributed by atoms with Crippen LogP contribution < -0.4 is 10.5 Å². The first kappa shape index (κ1) is 26.5. The molecule has 0 saturated carbocycles. The maximum absolute atomic E-state index is 13.9. The third-order valence-corrected chi connectivity index (χ3v) is 8.26. The number of amides is 1. The van der Waals surface area contributed by atoms with E-state index in [9.17, 15) is 24.6 Å². The summed E-state index contributed by atoms with van der Waals surface area (Å²) in [6, 6.07) is 24.1. The molecule has 1 amide bonds. The predicted octanol–water partition coefficient (Wildman–Crippen LogP) is 4.11. The number of benzene rings is 3. The van der Waals surface area contributed by atoms with E-state index in [1.807, 2.05) is 72.8 Å². The molecule has 3 atom stereocenters. The number of ether oxygens (including phenoxy) is 2. The van der Waals surface area contributed by atoms with Gasteiger partial charge in [-0.1, -0.05) is 72.8 Å². The molecule has 3 aliphatic carbocycles. The molecular formula is C33H29NO7. The molecular weight excluding hydrogens is 522 g/mol. The van der Waals surface area contributed by atoms with Crippen LogP contribution in [-0.2, 0) is 34.0 Å². The molecule has 8 heteroatoms. The maximum atomic E-state index is 13.9. The van der Waals surface area contributed by atoms with E-state index < -0.39 is 46.2 Å². The highest BCUT2D eigenvalue weighted by Gasteiger charge is 2.59. The highest BCUT2D eigenvalue weighted by atomic mass is 16.5. The molecule has 0 heterocycles. The lowest BCUT2D eigenvalue weighted by Crippen LogP contribution is -2.57. The summed E-state index contributed by atoms with van der Waals surface area (Å²) < 4.78 is 11.9. The largest absolute Gasteiger partial charge is 0.508 e. The Kier molecular flexibility index (Phi) is 6.71. The van der Waals surface area contributed by atoms with Crippen LogP contribution in [-0.4, -0.2) is 33.3 Å². The number of aliphatic hydroxyl groups is 2. The Morgan fingerprint density at radius 2 is 1.51 bits per heavy atom. The first-order valence-electron chi connectivity index (χ1n) is 13.5. The molecule has 3 aromatic rings. The topological polar surface area (TPSA) is 136 Å². The number of carbonyl (C=O) groups is 3. The van der Waals surface area contributed by atoms with Crippen LogP contribution in [0.3, 0.4) is 0 Å².